The molecule has 0 saturated carbocycles. The second-order valence-corrected chi connectivity index (χ2v) is 7.65. The largest absolute Gasteiger partial charge is 0.467 e. The Labute approximate surface area is 208 Å². The predicted octanol–water partition coefficient (Wildman–Crippen LogP) is -1.94. The number of nitro groups is 1. The van der Waals surface area contributed by atoms with E-state index in [0.29, 0.717) is 6.42 Å². The number of guanidine groups is 1. The number of nitrogens with one attached hydrogen (secondary N) is 3. The number of hydrazone groups is 1. The lowest BCUT2D eigenvalue weighted by atomic mass is 10.0. The molecule has 0 saturated heterocycles. The number of carbonyl (C=O) groups excluding carboxylic acids is 3. The lowest BCUT2D eigenvalue weighted by Crippen LogP contribution is -2.71. The lowest BCUT2D eigenvalue weighted by Gasteiger charge is -2.23. The lowest BCUT2D eigenvalue weighted by molar-refractivity contribution is -0.485. The van der Waals surface area contributed by atoms with Crippen molar-refractivity contribution >= 4 is 23.7 Å². The molecule has 0 aliphatic carbocycles. The molecule has 8 N–H and O–H groups in total. The van der Waals surface area contributed by atoms with Gasteiger partial charge in [-0.25, -0.2) is 14.9 Å². The maximum absolute atomic E-state index is 13.1. The first-order chi connectivity index (χ1) is 17.2. The summed E-state index contributed by atoms with van der Waals surface area (Å²) in [6, 6.07) is 6.24. The maximum Gasteiger partial charge on any atom is 0.328 e. The van der Waals surface area contributed by atoms with Crippen LogP contribution in [0, 0.1) is 10.1 Å². The van der Waals surface area contributed by atoms with Crippen LogP contribution in [-0.4, -0.2) is 73.8 Å². The van der Waals surface area contributed by atoms with E-state index in [1.807, 2.05) is 18.2 Å². The number of amides is 2. The van der Waals surface area contributed by atoms with Crippen molar-refractivity contribution in [1.82, 2.24) is 16.0 Å². The Morgan fingerprint density at radius 1 is 1.22 bits per heavy atom. The molecule has 1 aromatic carbocycles. The molecule has 0 heterocycles. The van der Waals surface area contributed by atoms with Crippen LogP contribution >= 0.6 is 0 Å². The summed E-state index contributed by atoms with van der Waals surface area (Å²) in [5.41, 5.74) is 9.92. The molecule has 2 amide bonds. The molecule has 3 atom stereocenters. The molecule has 14 nitrogen and oxygen atoms in total. The number of hydrogen-bond donors (Lipinski definition) is 5. The summed E-state index contributed by atoms with van der Waals surface area (Å²) in [6.07, 6.45) is 2.14. The Hall–Kier alpha value is -4.04. The van der Waals surface area contributed by atoms with E-state index in [1.165, 1.54) is 7.11 Å². The zero-order valence-electron chi connectivity index (χ0n) is 20.2. The fraction of sp³-hybridized carbons (Fsp3) is 0.455. The molecule has 0 aliphatic heterocycles. The van der Waals surface area contributed by atoms with Crippen molar-refractivity contribution in [3.63, 3.8) is 0 Å². The monoisotopic (exact) mass is 508 g/mol. The van der Waals surface area contributed by atoms with Crippen LogP contribution < -0.4 is 27.4 Å². The van der Waals surface area contributed by atoms with Crippen LogP contribution in [0.3, 0.4) is 0 Å². The number of rotatable bonds is 16. The Morgan fingerprint density at radius 2 is 1.89 bits per heavy atom. The Morgan fingerprint density at radius 3 is 2.50 bits per heavy atom. The third kappa shape index (κ3) is 11.9. The number of hydrogen-bond acceptors (Lipinski definition) is 7. The van der Waals surface area contributed by atoms with E-state index in [0.717, 1.165) is 5.56 Å². The van der Waals surface area contributed by atoms with Gasteiger partial charge in [-0.15, -0.1) is 6.58 Å². The summed E-state index contributed by atoms with van der Waals surface area (Å²) in [4.78, 5) is 48.4. The molecule has 0 fully saturated rings. The molecule has 0 bridgehead atoms. The first kappa shape index (κ1) is 30.0. The Bertz CT molecular complexity index is 911. The summed E-state index contributed by atoms with van der Waals surface area (Å²) in [5, 5.41) is 20.1. The Balaban J connectivity index is 2.87. The van der Waals surface area contributed by atoms with Crippen LogP contribution in [0.25, 0.3) is 0 Å². The van der Waals surface area contributed by atoms with Crippen molar-refractivity contribution in [3.8, 4) is 0 Å². The van der Waals surface area contributed by atoms with E-state index in [-0.39, 0.29) is 38.6 Å². The highest BCUT2D eigenvalue weighted by Gasteiger charge is 2.29. The quantitative estimate of drug-likeness (QED) is 0.0319. The summed E-state index contributed by atoms with van der Waals surface area (Å²) in [5.74, 6) is -2.16. The normalized spacial score (nSPS) is 13.6. The van der Waals surface area contributed by atoms with Crippen LogP contribution in [0.15, 0.2) is 48.1 Å². The Kier molecular flexibility index (Phi) is 13.8. The number of esters is 1. The fourth-order valence-electron chi connectivity index (χ4n) is 3.03. The van der Waals surface area contributed by atoms with Gasteiger partial charge in [0.25, 0.3) is 11.9 Å². The van der Waals surface area contributed by atoms with Crippen LogP contribution in [0.2, 0.25) is 0 Å². The summed E-state index contributed by atoms with van der Waals surface area (Å²) < 4.78 is 10.0. The summed E-state index contributed by atoms with van der Waals surface area (Å²) in [7, 11) is 1.18. The molecule has 1 aromatic rings. The highest BCUT2D eigenvalue weighted by Crippen LogP contribution is 2.06. The average molecular weight is 509 g/mol. The standard InChI is InChI=1S/C22H33N7O7/c1-3-12-36-14-16(23)19(30)27-18(13-15-8-5-4-6-9-15)20(31)26-17(21(32)35-2)10-7-11-25-22(24)28-29(33)34/h3-6,8-9,16-18H,1,7,10-14,23H2,2H3,(H,26,31)(H,27,30)(H3,24,25,28)/p+1/t16-,17-,18+/m0/s1. The van der Waals surface area contributed by atoms with Crippen LogP contribution in [0.5, 0.6) is 0 Å². The number of benzene rings is 1. The molecule has 14 heteroatoms. The van der Waals surface area contributed by atoms with Crippen molar-refractivity contribution in [3.05, 3.63) is 58.7 Å². The van der Waals surface area contributed by atoms with Gasteiger partial charge in [0, 0.05) is 13.0 Å². The molecule has 0 spiro atoms. The maximum atomic E-state index is 13.1. The molecule has 0 radical (unpaired) electrons. The second kappa shape index (κ2) is 16.6. The molecular weight excluding hydrogens is 474 g/mol. The third-order valence-electron chi connectivity index (χ3n) is 4.81. The topological polar surface area (TPSA) is 215 Å². The van der Waals surface area contributed by atoms with Gasteiger partial charge in [0.1, 0.15) is 23.8 Å². The SMILES string of the molecule is C=CCOC[C@H]([NH3+])C(=O)N[C@H](Cc1ccccc1)C(=O)N[C@@H](CCCN/C(N)=N/[N+](=O)[O-])C(=O)OC. The van der Waals surface area contributed by atoms with E-state index < -0.39 is 40.9 Å². The zero-order valence-corrected chi connectivity index (χ0v) is 20.2. The van der Waals surface area contributed by atoms with Crippen LogP contribution in [-0.2, 0) is 30.3 Å². The van der Waals surface area contributed by atoms with Gasteiger partial charge in [0.15, 0.2) is 11.1 Å². The van der Waals surface area contributed by atoms with Gasteiger partial charge in [-0.1, -0.05) is 36.4 Å². The van der Waals surface area contributed by atoms with Crippen molar-refractivity contribution in [2.75, 3.05) is 26.9 Å². The van der Waals surface area contributed by atoms with Gasteiger partial charge in [-0.2, -0.15) is 0 Å². The number of carbonyl (C=O) groups is 3. The van der Waals surface area contributed by atoms with Crippen molar-refractivity contribution in [2.24, 2.45) is 10.8 Å². The highest BCUT2D eigenvalue weighted by atomic mass is 16.7. The molecule has 0 aliphatic rings. The zero-order chi connectivity index (χ0) is 26.9. The van der Waals surface area contributed by atoms with Gasteiger partial charge < -0.3 is 36.9 Å². The van der Waals surface area contributed by atoms with Gasteiger partial charge >= 0.3 is 5.97 Å². The average Bonchev–Trinajstić information content (AvgIpc) is 2.85. The van der Waals surface area contributed by atoms with Gasteiger partial charge in [0.2, 0.25) is 5.91 Å². The number of methoxy groups -OCH3 is 1. The second-order valence-electron chi connectivity index (χ2n) is 7.65. The number of quaternary nitrogens is 1. The van der Waals surface area contributed by atoms with Crippen LogP contribution in [0.4, 0.5) is 0 Å². The molecule has 1 rings (SSSR count). The minimum absolute atomic E-state index is 0.0399. The van der Waals surface area contributed by atoms with E-state index >= 15 is 0 Å². The minimum Gasteiger partial charge on any atom is -0.467 e. The van der Waals surface area contributed by atoms with E-state index in [4.69, 9.17) is 15.2 Å². The van der Waals surface area contributed by atoms with Gasteiger partial charge in [0.05, 0.1) is 13.7 Å². The molecular formula is C22H34N7O7+. The van der Waals surface area contributed by atoms with Crippen molar-refractivity contribution < 1.29 is 34.6 Å². The predicted molar refractivity (Wildman–Crippen MR) is 130 cm³/mol. The smallest absolute Gasteiger partial charge is 0.328 e. The van der Waals surface area contributed by atoms with Gasteiger partial charge in [-0.3, -0.25) is 9.59 Å². The molecule has 0 unspecified atom stereocenters. The highest BCUT2D eigenvalue weighted by molar-refractivity contribution is 5.91. The number of nitrogens with two attached hydrogens (primary N) is 1. The van der Waals surface area contributed by atoms with E-state index in [1.54, 1.807) is 18.2 Å². The number of nitrogens with zero attached hydrogens (tertiary/aromatic N) is 2. The third-order valence-corrected chi connectivity index (χ3v) is 4.81. The summed E-state index contributed by atoms with van der Waals surface area (Å²) >= 11 is 0. The van der Waals surface area contributed by atoms with Crippen molar-refractivity contribution in [2.45, 2.75) is 37.4 Å². The first-order valence-electron chi connectivity index (χ1n) is 11.1. The first-order valence-corrected chi connectivity index (χ1v) is 11.1. The van der Waals surface area contributed by atoms with E-state index in [9.17, 15) is 24.5 Å². The van der Waals surface area contributed by atoms with Gasteiger partial charge in [-0.05, 0) is 18.4 Å². The van der Waals surface area contributed by atoms with Crippen LogP contribution in [0.1, 0.15) is 18.4 Å². The minimum atomic E-state index is -1.03. The summed E-state index contributed by atoms with van der Waals surface area (Å²) in [6.45, 7) is 3.99. The van der Waals surface area contributed by atoms with E-state index in [2.05, 4.69) is 33.4 Å². The molecule has 198 valence electrons. The fourth-order valence-corrected chi connectivity index (χ4v) is 3.03. The van der Waals surface area contributed by atoms with Crippen molar-refractivity contribution in [1.29, 1.82) is 0 Å². The number of ether oxygens (including phenoxy) is 2. The molecule has 36 heavy (non-hydrogen) atoms. The molecule has 0 aromatic heterocycles.